The van der Waals surface area contributed by atoms with E-state index in [0.717, 1.165) is 49.5 Å². The van der Waals surface area contributed by atoms with E-state index in [1.165, 1.54) is 37.7 Å². The van der Waals surface area contributed by atoms with E-state index in [-0.39, 0.29) is 11.3 Å². The first-order valence-corrected chi connectivity index (χ1v) is 11.3. The largest absolute Gasteiger partial charge is 0.458 e. The van der Waals surface area contributed by atoms with Crippen LogP contribution in [-0.2, 0) is 0 Å². The van der Waals surface area contributed by atoms with Crippen LogP contribution < -0.4 is 0 Å². The van der Waals surface area contributed by atoms with Crippen molar-refractivity contribution in [2.45, 2.75) is 70.4 Å². The molecule has 172 valence electrons. The minimum Gasteiger partial charge on any atom is -0.206 e. The highest BCUT2D eigenvalue weighted by molar-refractivity contribution is 5.86. The van der Waals surface area contributed by atoms with Gasteiger partial charge < -0.3 is 0 Å². The second-order valence-corrected chi connectivity index (χ2v) is 9.53. The Bertz CT molecular complexity index is 1040. The minimum atomic E-state index is -4.90. The van der Waals surface area contributed by atoms with Gasteiger partial charge in [0.25, 0.3) is 0 Å². The zero-order valence-electron chi connectivity index (χ0n) is 18.0. The van der Waals surface area contributed by atoms with Crippen molar-refractivity contribution < 1.29 is 26.3 Å². The average molecular weight is 452 g/mol. The number of hydrogen-bond acceptors (Lipinski definition) is 0. The highest BCUT2D eigenvalue weighted by Crippen LogP contribution is 2.44. The highest BCUT2D eigenvalue weighted by atomic mass is 19.4. The number of benzene rings is 2. The molecule has 0 amide bonds. The van der Waals surface area contributed by atoms with Crippen LogP contribution in [-0.4, -0.2) is 6.18 Å². The fourth-order valence-electron chi connectivity index (χ4n) is 5.60. The van der Waals surface area contributed by atoms with Gasteiger partial charge in [-0.3, -0.25) is 0 Å². The minimum absolute atomic E-state index is 0.0101. The Hall–Kier alpha value is -2.16. The Morgan fingerprint density at radius 3 is 1.97 bits per heavy atom. The van der Waals surface area contributed by atoms with Gasteiger partial charge in [0.1, 0.15) is 11.6 Å². The van der Waals surface area contributed by atoms with Crippen LogP contribution in [0.2, 0.25) is 0 Å². The normalized spacial score (nSPS) is 26.6. The Kier molecular flexibility index (Phi) is 6.47. The molecule has 0 aliphatic heterocycles. The molecule has 0 aromatic heterocycles. The first kappa shape index (κ1) is 23.0. The smallest absolute Gasteiger partial charge is 0.206 e. The van der Waals surface area contributed by atoms with Crippen LogP contribution in [0, 0.1) is 47.0 Å². The van der Waals surface area contributed by atoms with Crippen LogP contribution in [0.5, 0.6) is 0 Å². The molecule has 2 aromatic rings. The SMILES string of the molecule is CC1CCC(C2CCC(c3cc(F)c4c(F)c(C#CC(F)(F)F)c(F)cc4c3)CC2)CC1. The van der Waals surface area contributed by atoms with E-state index in [2.05, 4.69) is 6.92 Å². The van der Waals surface area contributed by atoms with Gasteiger partial charge in [-0.1, -0.05) is 31.8 Å². The van der Waals surface area contributed by atoms with E-state index in [1.807, 2.05) is 0 Å². The van der Waals surface area contributed by atoms with Crippen molar-refractivity contribution in [1.82, 2.24) is 0 Å². The molecule has 0 spiro atoms. The fourth-order valence-corrected chi connectivity index (χ4v) is 5.60. The van der Waals surface area contributed by atoms with Crippen molar-refractivity contribution in [3.05, 3.63) is 46.8 Å². The van der Waals surface area contributed by atoms with Crippen molar-refractivity contribution in [3.63, 3.8) is 0 Å². The molecule has 0 atom stereocenters. The molecule has 0 unspecified atom stereocenters. The summed E-state index contributed by atoms with van der Waals surface area (Å²) in [4.78, 5) is 0. The van der Waals surface area contributed by atoms with E-state index in [4.69, 9.17) is 0 Å². The number of halogens is 6. The second-order valence-electron chi connectivity index (χ2n) is 9.53. The lowest BCUT2D eigenvalue weighted by atomic mass is 9.68. The van der Waals surface area contributed by atoms with Gasteiger partial charge in [0, 0.05) is 5.92 Å². The maximum atomic E-state index is 14.8. The van der Waals surface area contributed by atoms with Crippen molar-refractivity contribution in [2.75, 3.05) is 0 Å². The number of rotatable bonds is 2. The third-order valence-electron chi connectivity index (χ3n) is 7.40. The van der Waals surface area contributed by atoms with Crippen LogP contribution in [0.1, 0.15) is 75.3 Å². The van der Waals surface area contributed by atoms with E-state index in [9.17, 15) is 26.3 Å². The van der Waals surface area contributed by atoms with E-state index in [1.54, 1.807) is 6.07 Å². The molecule has 0 heterocycles. The van der Waals surface area contributed by atoms with Gasteiger partial charge in [-0.05, 0) is 85.3 Å². The zero-order valence-corrected chi connectivity index (χ0v) is 18.0. The van der Waals surface area contributed by atoms with Gasteiger partial charge >= 0.3 is 6.18 Å². The van der Waals surface area contributed by atoms with Gasteiger partial charge in [0.05, 0.1) is 10.9 Å². The summed E-state index contributed by atoms with van der Waals surface area (Å²) in [5, 5.41) is -0.511. The quantitative estimate of drug-likeness (QED) is 0.318. The van der Waals surface area contributed by atoms with Crippen LogP contribution in [0.15, 0.2) is 18.2 Å². The first-order chi connectivity index (χ1) is 15.1. The lowest BCUT2D eigenvalue weighted by Crippen LogP contribution is -2.24. The molecule has 0 nitrogen and oxygen atoms in total. The molecular formula is C26H26F6. The van der Waals surface area contributed by atoms with Gasteiger partial charge in [-0.15, -0.1) is 0 Å². The van der Waals surface area contributed by atoms with Gasteiger partial charge in [0.2, 0.25) is 0 Å². The highest BCUT2D eigenvalue weighted by Gasteiger charge is 2.31. The zero-order chi connectivity index (χ0) is 23.0. The molecule has 6 heteroatoms. The molecule has 2 aliphatic rings. The molecule has 32 heavy (non-hydrogen) atoms. The molecule has 2 fully saturated rings. The molecule has 2 aromatic carbocycles. The summed E-state index contributed by atoms with van der Waals surface area (Å²) in [6, 6.07) is 3.69. The number of hydrogen-bond donors (Lipinski definition) is 0. The van der Waals surface area contributed by atoms with Crippen LogP contribution in [0.4, 0.5) is 26.3 Å². The standard InChI is InChI=1S/C26H26F6/c1-15-2-4-16(5-3-15)17-6-8-18(9-7-17)19-12-20-14-22(27)21(10-11-26(30,31)32)25(29)24(20)23(28)13-19/h12-18H,2-9H2,1H3. The topological polar surface area (TPSA) is 0 Å². The third kappa shape index (κ3) is 4.92. The van der Waals surface area contributed by atoms with Crippen LogP contribution >= 0.6 is 0 Å². The summed E-state index contributed by atoms with van der Waals surface area (Å²) in [5.41, 5.74) is -0.373. The summed E-state index contributed by atoms with van der Waals surface area (Å²) in [6.07, 6.45) is 4.17. The third-order valence-corrected chi connectivity index (χ3v) is 7.40. The van der Waals surface area contributed by atoms with Crippen molar-refractivity contribution in [1.29, 1.82) is 0 Å². The monoisotopic (exact) mass is 452 g/mol. The maximum absolute atomic E-state index is 14.8. The Labute approximate surface area is 184 Å². The van der Waals surface area contributed by atoms with Crippen LogP contribution in [0.3, 0.4) is 0 Å². The molecule has 0 N–H and O–H groups in total. The summed E-state index contributed by atoms with van der Waals surface area (Å²) in [6.45, 7) is 2.30. The van der Waals surface area contributed by atoms with Crippen molar-refractivity contribution in [3.8, 4) is 11.8 Å². The average Bonchev–Trinajstić information content (AvgIpc) is 2.73. The predicted molar refractivity (Wildman–Crippen MR) is 113 cm³/mol. The molecule has 2 aliphatic carbocycles. The van der Waals surface area contributed by atoms with E-state index < -0.39 is 34.6 Å². The predicted octanol–water partition coefficient (Wildman–Crippen LogP) is 8.27. The van der Waals surface area contributed by atoms with Crippen LogP contribution in [0.25, 0.3) is 10.8 Å². The van der Waals surface area contributed by atoms with E-state index in [0.29, 0.717) is 11.5 Å². The first-order valence-electron chi connectivity index (χ1n) is 11.3. The molecule has 0 bridgehead atoms. The second kappa shape index (κ2) is 9.00. The Morgan fingerprint density at radius 2 is 1.38 bits per heavy atom. The molecule has 0 saturated heterocycles. The summed E-state index contributed by atoms with van der Waals surface area (Å²) >= 11 is 0. The fraction of sp³-hybridized carbons (Fsp3) is 0.538. The van der Waals surface area contributed by atoms with E-state index >= 15 is 0 Å². The number of fused-ring (bicyclic) bond motifs is 1. The molecule has 0 radical (unpaired) electrons. The van der Waals surface area contributed by atoms with Crippen molar-refractivity contribution >= 4 is 10.8 Å². The Balaban J connectivity index is 1.56. The lowest BCUT2D eigenvalue weighted by Gasteiger charge is -2.37. The van der Waals surface area contributed by atoms with Gasteiger partial charge in [-0.2, -0.15) is 13.2 Å². The Morgan fingerprint density at radius 1 is 0.781 bits per heavy atom. The van der Waals surface area contributed by atoms with Gasteiger partial charge in [-0.25, -0.2) is 13.2 Å². The maximum Gasteiger partial charge on any atom is 0.458 e. The molecule has 2 saturated carbocycles. The molecular weight excluding hydrogens is 426 g/mol. The van der Waals surface area contributed by atoms with Crippen molar-refractivity contribution in [2.24, 2.45) is 17.8 Å². The summed E-state index contributed by atoms with van der Waals surface area (Å²) in [5.74, 6) is 1.18. The molecule has 4 rings (SSSR count). The number of alkyl halides is 3. The van der Waals surface area contributed by atoms with Gasteiger partial charge in [0.15, 0.2) is 5.82 Å². The lowest BCUT2D eigenvalue weighted by molar-refractivity contribution is -0.0696. The summed E-state index contributed by atoms with van der Waals surface area (Å²) in [7, 11) is 0. The summed E-state index contributed by atoms with van der Waals surface area (Å²) < 4.78 is 80.8.